The summed E-state index contributed by atoms with van der Waals surface area (Å²) in [7, 11) is -4.15. The van der Waals surface area contributed by atoms with Crippen molar-refractivity contribution in [2.45, 2.75) is 79.4 Å². The first-order valence-electron chi connectivity index (χ1n) is 14.4. The lowest BCUT2D eigenvalue weighted by Gasteiger charge is -2.30. The number of pyridine rings is 1. The summed E-state index contributed by atoms with van der Waals surface area (Å²) < 4.78 is 39.9. The van der Waals surface area contributed by atoms with E-state index in [0.29, 0.717) is 29.5 Å². The van der Waals surface area contributed by atoms with Crippen molar-refractivity contribution in [1.29, 1.82) is 0 Å². The number of carbonyl (C=O) groups excluding carboxylic acids is 1. The number of nitrogens with one attached hydrogen (secondary N) is 1. The highest BCUT2D eigenvalue weighted by molar-refractivity contribution is 7.52. The number of imidazole rings is 1. The molecule has 0 fully saturated rings. The van der Waals surface area contributed by atoms with E-state index in [9.17, 15) is 9.36 Å². The lowest BCUT2D eigenvalue weighted by Crippen LogP contribution is -2.44. The molecular formula is C31H42N5O6P. The van der Waals surface area contributed by atoms with Crippen LogP contribution in [0.4, 0.5) is 5.82 Å². The van der Waals surface area contributed by atoms with Crippen molar-refractivity contribution in [1.82, 2.24) is 19.6 Å². The van der Waals surface area contributed by atoms with E-state index in [1.165, 1.54) is 0 Å². The molecule has 0 radical (unpaired) electrons. The SMILES string of the molecule is CCOCc1nc2c(N)nc3ccccc3c2n1C[C@@H](C)O[P@@](=O)(N[C@H](C(=O)OC(C)(C)C)C(C)C)Oc1ccccc1. The molecule has 0 unspecified atom stereocenters. The van der Waals surface area contributed by atoms with Crippen LogP contribution in [0.3, 0.4) is 0 Å². The van der Waals surface area contributed by atoms with Crippen molar-refractivity contribution in [2.75, 3.05) is 12.3 Å². The summed E-state index contributed by atoms with van der Waals surface area (Å²) in [5.74, 6) is 0.420. The minimum atomic E-state index is -4.15. The Morgan fingerprint density at radius 1 is 1.05 bits per heavy atom. The Morgan fingerprint density at radius 2 is 1.72 bits per heavy atom. The summed E-state index contributed by atoms with van der Waals surface area (Å²) in [5.41, 5.74) is 7.64. The van der Waals surface area contributed by atoms with Gasteiger partial charge in [-0.3, -0.25) is 9.32 Å². The van der Waals surface area contributed by atoms with Gasteiger partial charge in [-0.05, 0) is 58.7 Å². The summed E-state index contributed by atoms with van der Waals surface area (Å²) in [6, 6.07) is 15.4. The number of hydrogen-bond donors (Lipinski definition) is 2. The molecule has 4 aromatic rings. The van der Waals surface area contributed by atoms with Gasteiger partial charge in [0.05, 0.1) is 23.7 Å². The van der Waals surface area contributed by atoms with Crippen LogP contribution in [0.1, 0.15) is 54.3 Å². The number of anilines is 1. The molecule has 2 heterocycles. The van der Waals surface area contributed by atoms with Crippen LogP contribution in [0.2, 0.25) is 0 Å². The minimum Gasteiger partial charge on any atom is -0.459 e. The molecule has 0 aliphatic carbocycles. The van der Waals surface area contributed by atoms with Gasteiger partial charge in [0.2, 0.25) is 0 Å². The van der Waals surface area contributed by atoms with Gasteiger partial charge in [-0.2, -0.15) is 5.09 Å². The Morgan fingerprint density at radius 3 is 2.37 bits per heavy atom. The molecule has 0 saturated heterocycles. The maximum absolute atomic E-state index is 14.5. The average molecular weight is 612 g/mol. The Kier molecular flexibility index (Phi) is 10.1. The number of ether oxygens (including phenoxy) is 2. The zero-order chi connectivity index (χ0) is 31.4. The summed E-state index contributed by atoms with van der Waals surface area (Å²) in [5, 5.41) is 3.75. The molecule has 2 aromatic carbocycles. The van der Waals surface area contributed by atoms with Crippen molar-refractivity contribution < 1.29 is 27.9 Å². The molecule has 2 aromatic heterocycles. The number of para-hydroxylation sites is 2. The number of aromatic nitrogens is 3. The lowest BCUT2D eigenvalue weighted by atomic mass is 10.1. The summed E-state index contributed by atoms with van der Waals surface area (Å²) in [6.45, 7) is 13.6. The lowest BCUT2D eigenvalue weighted by molar-refractivity contribution is -0.158. The molecule has 3 N–H and O–H groups in total. The van der Waals surface area contributed by atoms with Gasteiger partial charge in [0.25, 0.3) is 0 Å². The molecule has 0 aliphatic rings. The first kappa shape index (κ1) is 32.4. The van der Waals surface area contributed by atoms with E-state index in [4.69, 9.17) is 29.2 Å². The van der Waals surface area contributed by atoms with Crippen molar-refractivity contribution in [3.05, 3.63) is 60.4 Å². The van der Waals surface area contributed by atoms with Crippen LogP contribution >= 0.6 is 7.75 Å². The van der Waals surface area contributed by atoms with Gasteiger partial charge >= 0.3 is 13.7 Å². The van der Waals surface area contributed by atoms with Gasteiger partial charge in [0.1, 0.15) is 35.3 Å². The number of nitrogens with two attached hydrogens (primary N) is 1. The molecule has 0 saturated carbocycles. The highest BCUT2D eigenvalue weighted by Gasteiger charge is 2.39. The molecule has 0 amide bonds. The first-order valence-corrected chi connectivity index (χ1v) is 16.0. The molecule has 0 aliphatic heterocycles. The number of rotatable bonds is 13. The van der Waals surface area contributed by atoms with Crippen molar-refractivity contribution >= 4 is 41.5 Å². The third-order valence-corrected chi connectivity index (χ3v) is 8.16. The topological polar surface area (TPSA) is 140 Å². The second-order valence-electron chi connectivity index (χ2n) is 11.7. The Labute approximate surface area is 252 Å². The second-order valence-corrected chi connectivity index (χ2v) is 13.3. The minimum absolute atomic E-state index is 0.231. The third-order valence-electron chi connectivity index (χ3n) is 6.48. The third kappa shape index (κ3) is 8.12. The molecular weight excluding hydrogens is 569 g/mol. The van der Waals surface area contributed by atoms with Crippen LogP contribution in [-0.4, -0.2) is 44.9 Å². The maximum atomic E-state index is 14.5. The van der Waals surface area contributed by atoms with Crippen molar-refractivity contribution in [3.8, 4) is 5.75 Å². The van der Waals surface area contributed by atoms with Crippen LogP contribution in [0.5, 0.6) is 5.75 Å². The zero-order valence-corrected chi connectivity index (χ0v) is 26.8. The number of fused-ring (bicyclic) bond motifs is 3. The van der Waals surface area contributed by atoms with E-state index in [-0.39, 0.29) is 19.1 Å². The Balaban J connectivity index is 1.71. The summed E-state index contributed by atoms with van der Waals surface area (Å²) >= 11 is 0. The van der Waals surface area contributed by atoms with E-state index < -0.39 is 31.5 Å². The van der Waals surface area contributed by atoms with E-state index in [1.54, 1.807) is 52.0 Å². The number of hydrogen-bond acceptors (Lipinski definition) is 9. The number of nitrogens with zero attached hydrogens (tertiary/aromatic N) is 3. The Bertz CT molecular complexity index is 1600. The van der Waals surface area contributed by atoms with Crippen LogP contribution < -0.4 is 15.3 Å². The van der Waals surface area contributed by atoms with E-state index >= 15 is 0 Å². The second kappa shape index (κ2) is 13.4. The van der Waals surface area contributed by atoms with Crippen molar-refractivity contribution in [2.24, 2.45) is 5.92 Å². The van der Waals surface area contributed by atoms with Gasteiger partial charge in [0.15, 0.2) is 5.82 Å². The van der Waals surface area contributed by atoms with Gasteiger partial charge in [0, 0.05) is 12.0 Å². The van der Waals surface area contributed by atoms with Crippen LogP contribution in [0.15, 0.2) is 54.6 Å². The number of carbonyl (C=O) groups is 1. The van der Waals surface area contributed by atoms with E-state index in [0.717, 1.165) is 16.4 Å². The van der Waals surface area contributed by atoms with Crippen LogP contribution in [0.25, 0.3) is 21.9 Å². The van der Waals surface area contributed by atoms with Gasteiger partial charge in [-0.1, -0.05) is 50.2 Å². The monoisotopic (exact) mass is 611 g/mol. The molecule has 0 bridgehead atoms. The fraction of sp³-hybridized carbons (Fsp3) is 0.452. The molecule has 43 heavy (non-hydrogen) atoms. The van der Waals surface area contributed by atoms with Gasteiger partial charge in [-0.15, -0.1) is 0 Å². The first-order chi connectivity index (χ1) is 20.3. The average Bonchev–Trinajstić information content (AvgIpc) is 3.28. The van der Waals surface area contributed by atoms with E-state index in [2.05, 4.69) is 10.1 Å². The molecule has 3 atom stereocenters. The summed E-state index contributed by atoms with van der Waals surface area (Å²) in [6.07, 6.45) is -0.681. The maximum Gasteiger partial charge on any atom is 0.459 e. The Hall–Kier alpha value is -3.50. The summed E-state index contributed by atoms with van der Waals surface area (Å²) in [4.78, 5) is 22.4. The van der Waals surface area contributed by atoms with Crippen LogP contribution in [-0.2, 0) is 36.5 Å². The number of benzene rings is 2. The number of esters is 1. The quantitative estimate of drug-likeness (QED) is 0.132. The highest BCUT2D eigenvalue weighted by atomic mass is 31.2. The predicted molar refractivity (Wildman–Crippen MR) is 168 cm³/mol. The fourth-order valence-electron chi connectivity index (χ4n) is 4.64. The smallest absolute Gasteiger partial charge is 0.459 e. The van der Waals surface area contributed by atoms with Gasteiger partial charge < -0.3 is 24.3 Å². The molecule has 0 spiro atoms. The molecule has 232 valence electrons. The largest absolute Gasteiger partial charge is 0.459 e. The molecule has 11 nitrogen and oxygen atoms in total. The predicted octanol–water partition coefficient (Wildman–Crippen LogP) is 6.25. The van der Waals surface area contributed by atoms with Crippen molar-refractivity contribution in [3.63, 3.8) is 0 Å². The van der Waals surface area contributed by atoms with E-state index in [1.807, 2.05) is 55.7 Å². The standard InChI is InChI=1S/C31H42N5O6P/c1-8-39-19-25-34-27-28(23-16-12-13-17-24(23)33-29(27)32)36(25)18-21(4)41-43(38,42-22-14-10-9-11-15-22)35-26(20(2)3)30(37)40-31(5,6)7/h9-17,20-21,26H,8,18-19H2,1-7H3,(H2,32,33)(H,35,38)/t21-,26+,43+/m1/s1. The fourth-order valence-corrected chi connectivity index (χ4v) is 6.48. The highest BCUT2D eigenvalue weighted by Crippen LogP contribution is 2.47. The van der Waals surface area contributed by atoms with Crippen LogP contribution in [0, 0.1) is 5.92 Å². The molecule has 12 heteroatoms. The molecule has 4 rings (SSSR count). The van der Waals surface area contributed by atoms with Gasteiger partial charge in [-0.25, -0.2) is 14.5 Å². The zero-order valence-electron chi connectivity index (χ0n) is 25.9. The number of nitrogen functional groups attached to an aromatic ring is 1. The normalized spacial score (nSPS) is 15.0.